The summed E-state index contributed by atoms with van der Waals surface area (Å²) in [5.41, 5.74) is -0.216. The molecule has 1 aliphatic heterocycles. The molecule has 170 valence electrons. The van der Waals surface area contributed by atoms with Crippen LogP contribution in [-0.4, -0.2) is 21.3 Å². The van der Waals surface area contributed by atoms with Crippen LogP contribution in [0.25, 0.3) is 17.4 Å². The number of aromatic carboxylic acids is 1. The van der Waals surface area contributed by atoms with Crippen molar-refractivity contribution < 1.29 is 32.3 Å². The molecule has 2 aromatic carbocycles. The number of furan rings is 1. The Balaban J connectivity index is 0.00000306. The number of carboxylic acid groups (broad SMARTS) is 1. The molecule has 4 rings (SSSR count). The fourth-order valence-electron chi connectivity index (χ4n) is 3.03. The molecule has 0 unspecified atom stereocenters. The molecule has 1 fully saturated rings. The monoisotopic (exact) mass is 491 g/mol. The predicted octanol–water partition coefficient (Wildman–Crippen LogP) is 6.71. The molecule has 0 bridgehead atoms. The quantitative estimate of drug-likeness (QED) is 0.323. The molecule has 1 aromatic heterocycles. The SMILES string of the molecule is C.O=C(O)c1cccc(-c2ccc(/C=C3/SC(=S)N(c4cccc(C(F)(F)F)c4)C3=O)o2)c1. The van der Waals surface area contributed by atoms with E-state index >= 15 is 0 Å². The maximum absolute atomic E-state index is 13.0. The maximum Gasteiger partial charge on any atom is 0.416 e. The second-order valence-electron chi connectivity index (χ2n) is 6.65. The van der Waals surface area contributed by atoms with Crippen LogP contribution in [0, 0.1) is 0 Å². The van der Waals surface area contributed by atoms with E-state index in [0.29, 0.717) is 17.1 Å². The Bertz CT molecular complexity index is 1280. The number of anilines is 1. The molecular weight excluding hydrogens is 475 g/mol. The molecule has 1 amide bonds. The van der Waals surface area contributed by atoms with Crippen molar-refractivity contribution in [1.82, 2.24) is 0 Å². The van der Waals surface area contributed by atoms with Crippen LogP contribution in [0.15, 0.2) is 70.0 Å². The van der Waals surface area contributed by atoms with Crippen LogP contribution in [0.2, 0.25) is 0 Å². The van der Waals surface area contributed by atoms with Crippen LogP contribution in [0.3, 0.4) is 0 Å². The third-order valence-corrected chi connectivity index (χ3v) is 5.82. The summed E-state index contributed by atoms with van der Waals surface area (Å²) in [6.07, 6.45) is -3.10. The second kappa shape index (κ2) is 9.24. The second-order valence-corrected chi connectivity index (χ2v) is 8.33. The van der Waals surface area contributed by atoms with Gasteiger partial charge < -0.3 is 9.52 Å². The van der Waals surface area contributed by atoms with E-state index in [1.54, 1.807) is 24.3 Å². The van der Waals surface area contributed by atoms with Gasteiger partial charge in [0.15, 0.2) is 4.32 Å². The number of rotatable bonds is 4. The zero-order valence-corrected chi connectivity index (χ0v) is 17.6. The number of nitrogens with zero attached hydrogens (tertiary/aromatic N) is 1. The lowest BCUT2D eigenvalue weighted by molar-refractivity contribution is -0.137. The van der Waals surface area contributed by atoms with Gasteiger partial charge in [-0.05, 0) is 42.5 Å². The summed E-state index contributed by atoms with van der Waals surface area (Å²) in [6, 6.07) is 13.8. The first-order valence-electron chi connectivity index (χ1n) is 9.02. The van der Waals surface area contributed by atoms with Crippen LogP contribution in [0.4, 0.5) is 18.9 Å². The van der Waals surface area contributed by atoms with Crippen LogP contribution in [0.1, 0.15) is 29.1 Å². The normalized spacial score (nSPS) is 15.1. The number of carbonyl (C=O) groups excluding carboxylic acids is 1. The highest BCUT2D eigenvalue weighted by Gasteiger charge is 2.36. The Morgan fingerprint density at radius 1 is 1.09 bits per heavy atom. The number of hydrogen-bond acceptors (Lipinski definition) is 5. The van der Waals surface area contributed by atoms with Crippen molar-refractivity contribution in [3.8, 4) is 11.3 Å². The highest BCUT2D eigenvalue weighted by molar-refractivity contribution is 8.27. The van der Waals surface area contributed by atoms with Gasteiger partial charge in [0.05, 0.1) is 21.7 Å². The lowest BCUT2D eigenvalue weighted by Gasteiger charge is -2.16. The highest BCUT2D eigenvalue weighted by Crippen LogP contribution is 2.38. The molecule has 1 saturated heterocycles. The van der Waals surface area contributed by atoms with Crippen molar-refractivity contribution >= 4 is 51.9 Å². The number of halogens is 3. The average Bonchev–Trinajstić information content (AvgIpc) is 3.32. The first kappa shape index (κ1) is 24.3. The molecule has 0 saturated carbocycles. The molecule has 5 nitrogen and oxygen atoms in total. The molecule has 10 heteroatoms. The van der Waals surface area contributed by atoms with Crippen molar-refractivity contribution in [2.75, 3.05) is 4.90 Å². The van der Waals surface area contributed by atoms with E-state index in [1.807, 2.05) is 0 Å². The Morgan fingerprint density at radius 2 is 1.82 bits per heavy atom. The predicted molar refractivity (Wildman–Crippen MR) is 125 cm³/mol. The van der Waals surface area contributed by atoms with Gasteiger partial charge in [-0.1, -0.05) is 49.6 Å². The van der Waals surface area contributed by atoms with Crippen molar-refractivity contribution in [2.24, 2.45) is 0 Å². The van der Waals surface area contributed by atoms with Crippen molar-refractivity contribution in [1.29, 1.82) is 0 Å². The lowest BCUT2D eigenvalue weighted by atomic mass is 10.1. The zero-order valence-electron chi connectivity index (χ0n) is 15.9. The third kappa shape index (κ3) is 5.01. The maximum atomic E-state index is 13.0. The standard InChI is InChI=1S/C22H12F3NO4S2.CH4/c23-22(24,25)14-5-2-6-15(10-14)26-19(27)18(32-21(26)31)11-16-7-8-17(30-16)12-3-1-4-13(9-12)20(28)29;/h1-11H,(H,28,29);1H4/b18-11+;. The van der Waals surface area contributed by atoms with Crippen molar-refractivity contribution in [2.45, 2.75) is 13.6 Å². The summed E-state index contributed by atoms with van der Waals surface area (Å²) >= 11 is 6.16. The summed E-state index contributed by atoms with van der Waals surface area (Å²) in [6.45, 7) is 0. The number of hydrogen-bond donors (Lipinski definition) is 1. The number of alkyl halides is 3. The number of amides is 1. The molecule has 0 atom stereocenters. The van der Waals surface area contributed by atoms with Crippen LogP contribution in [-0.2, 0) is 11.0 Å². The van der Waals surface area contributed by atoms with Gasteiger partial charge in [0.25, 0.3) is 5.91 Å². The Labute approximate surface area is 196 Å². The molecule has 1 N–H and O–H groups in total. The number of benzene rings is 2. The van der Waals surface area contributed by atoms with Gasteiger partial charge in [0.2, 0.25) is 0 Å². The zero-order chi connectivity index (χ0) is 23.0. The van der Waals surface area contributed by atoms with Crippen molar-refractivity contribution in [3.05, 3.63) is 82.5 Å². The van der Waals surface area contributed by atoms with Gasteiger partial charge in [0.1, 0.15) is 11.5 Å². The minimum Gasteiger partial charge on any atom is -0.478 e. The smallest absolute Gasteiger partial charge is 0.416 e. The highest BCUT2D eigenvalue weighted by atomic mass is 32.2. The van der Waals surface area contributed by atoms with E-state index in [-0.39, 0.29) is 27.9 Å². The molecule has 0 aliphatic carbocycles. The minimum atomic E-state index is -4.55. The van der Waals surface area contributed by atoms with Gasteiger partial charge >= 0.3 is 12.1 Å². The first-order chi connectivity index (χ1) is 15.1. The van der Waals surface area contributed by atoms with Crippen LogP contribution >= 0.6 is 24.0 Å². The molecule has 0 spiro atoms. The fourth-order valence-corrected chi connectivity index (χ4v) is 4.31. The summed E-state index contributed by atoms with van der Waals surface area (Å²) in [4.78, 5) is 25.2. The van der Waals surface area contributed by atoms with E-state index in [0.717, 1.165) is 28.8 Å². The first-order valence-corrected chi connectivity index (χ1v) is 10.2. The Kier molecular flexibility index (Phi) is 6.80. The van der Waals surface area contributed by atoms with Crippen LogP contribution < -0.4 is 4.90 Å². The Morgan fingerprint density at radius 3 is 2.52 bits per heavy atom. The molecule has 1 aliphatic rings. The number of thioether (sulfide) groups is 1. The number of carbonyl (C=O) groups is 2. The summed E-state index contributed by atoms with van der Waals surface area (Å²) < 4.78 is 44.9. The van der Waals surface area contributed by atoms with E-state index in [9.17, 15) is 22.8 Å². The minimum absolute atomic E-state index is 0. The number of thiocarbonyl (C=S) groups is 1. The Hall–Kier alpha value is -3.37. The third-order valence-electron chi connectivity index (χ3n) is 4.52. The van der Waals surface area contributed by atoms with Gasteiger partial charge in [-0.2, -0.15) is 13.2 Å². The van der Waals surface area contributed by atoms with E-state index in [2.05, 4.69) is 0 Å². The molecule has 2 heterocycles. The van der Waals surface area contributed by atoms with Crippen LogP contribution in [0.5, 0.6) is 0 Å². The van der Waals surface area contributed by atoms with E-state index < -0.39 is 23.6 Å². The molecular formula is C23H16F3NO4S2. The summed E-state index contributed by atoms with van der Waals surface area (Å²) in [5, 5.41) is 9.13. The van der Waals surface area contributed by atoms with E-state index in [4.69, 9.17) is 21.7 Å². The van der Waals surface area contributed by atoms with Gasteiger partial charge in [-0.3, -0.25) is 9.69 Å². The van der Waals surface area contributed by atoms with Crippen molar-refractivity contribution in [3.63, 3.8) is 0 Å². The molecule has 3 aromatic rings. The largest absolute Gasteiger partial charge is 0.478 e. The van der Waals surface area contributed by atoms with Gasteiger partial charge in [0, 0.05) is 11.6 Å². The summed E-state index contributed by atoms with van der Waals surface area (Å²) in [7, 11) is 0. The molecule has 33 heavy (non-hydrogen) atoms. The average molecular weight is 492 g/mol. The van der Waals surface area contributed by atoms with E-state index in [1.165, 1.54) is 30.3 Å². The van der Waals surface area contributed by atoms with Gasteiger partial charge in [-0.15, -0.1) is 0 Å². The number of carboxylic acids is 1. The fraction of sp³-hybridized carbons (Fsp3) is 0.0870. The lowest BCUT2D eigenvalue weighted by Crippen LogP contribution is -2.27. The van der Waals surface area contributed by atoms with Gasteiger partial charge in [-0.25, -0.2) is 4.79 Å². The molecule has 0 radical (unpaired) electrons. The summed E-state index contributed by atoms with van der Waals surface area (Å²) in [5.74, 6) is -0.931. The topological polar surface area (TPSA) is 70.8 Å².